The lowest BCUT2D eigenvalue weighted by molar-refractivity contribution is -0.128. The Balaban J connectivity index is 1.53. The van der Waals surface area contributed by atoms with E-state index in [1.165, 1.54) is 11.1 Å². The van der Waals surface area contributed by atoms with Crippen molar-refractivity contribution in [2.24, 2.45) is 5.41 Å². The molecule has 1 aromatic carbocycles. The van der Waals surface area contributed by atoms with Crippen LogP contribution in [0.3, 0.4) is 0 Å². The Kier molecular flexibility index (Phi) is 3.52. The van der Waals surface area contributed by atoms with E-state index in [0.717, 1.165) is 56.0 Å². The minimum Gasteiger partial charge on any atom is -0.371 e. The van der Waals surface area contributed by atoms with Gasteiger partial charge in [-0.1, -0.05) is 11.6 Å². The Morgan fingerprint density at radius 1 is 1.22 bits per heavy atom. The van der Waals surface area contributed by atoms with Crippen molar-refractivity contribution in [1.29, 1.82) is 0 Å². The predicted octanol–water partition coefficient (Wildman–Crippen LogP) is 3.66. The van der Waals surface area contributed by atoms with Crippen LogP contribution in [0.15, 0.2) is 24.4 Å². The number of piperidine rings is 1. The third kappa shape index (κ3) is 2.59. The van der Waals surface area contributed by atoms with Crippen LogP contribution >= 0.6 is 11.6 Å². The van der Waals surface area contributed by atoms with Crippen LogP contribution in [0.25, 0.3) is 10.9 Å². The quantitative estimate of drug-likeness (QED) is 0.866. The molecule has 1 aromatic heterocycles. The highest BCUT2D eigenvalue weighted by Crippen LogP contribution is 2.42. The first-order valence-corrected chi connectivity index (χ1v) is 8.71. The maximum absolute atomic E-state index is 11.6. The molecule has 0 atom stereocenters. The van der Waals surface area contributed by atoms with Gasteiger partial charge in [0.2, 0.25) is 5.91 Å². The summed E-state index contributed by atoms with van der Waals surface area (Å²) in [6.07, 6.45) is 5.41. The lowest BCUT2D eigenvalue weighted by Gasteiger charge is -2.40. The number of fused-ring (bicyclic) bond motifs is 1. The Bertz CT molecular complexity index is 746. The third-order valence-electron chi connectivity index (χ3n) is 5.66. The molecule has 2 aliphatic rings. The number of carbonyl (C=O) groups excluding carboxylic acids is 1. The van der Waals surface area contributed by atoms with Crippen molar-refractivity contribution in [2.45, 2.75) is 26.2 Å². The number of H-pyrrole nitrogens is 1. The molecule has 1 amide bonds. The molecule has 0 unspecified atom stereocenters. The number of aromatic nitrogens is 1. The van der Waals surface area contributed by atoms with Crippen LogP contribution in [-0.2, 0) is 4.79 Å². The van der Waals surface area contributed by atoms with Gasteiger partial charge in [-0.2, -0.15) is 0 Å². The van der Waals surface area contributed by atoms with Crippen molar-refractivity contribution in [1.82, 2.24) is 9.88 Å². The molecule has 0 radical (unpaired) electrons. The van der Waals surface area contributed by atoms with E-state index in [0.29, 0.717) is 5.41 Å². The van der Waals surface area contributed by atoms with Crippen LogP contribution in [0.5, 0.6) is 0 Å². The summed E-state index contributed by atoms with van der Waals surface area (Å²) in [6.45, 7) is 5.61. The van der Waals surface area contributed by atoms with Crippen LogP contribution < -0.4 is 4.90 Å². The van der Waals surface area contributed by atoms with Gasteiger partial charge in [-0.25, -0.2) is 0 Å². The molecular weight excluding hydrogens is 310 g/mol. The Hall–Kier alpha value is -1.68. The van der Waals surface area contributed by atoms with Gasteiger partial charge in [0.05, 0.1) is 0 Å². The standard InChI is InChI=1S/C18H22ClN3O/c1-13(23)22-9-5-18(12-22)3-7-21(8-4-18)17-11-14(19)10-16-15(17)2-6-20-16/h2,6,10-11,20H,3-5,7-9,12H2,1H3. The molecule has 4 nitrogen and oxygen atoms in total. The number of halogens is 1. The first-order valence-electron chi connectivity index (χ1n) is 8.33. The highest BCUT2D eigenvalue weighted by atomic mass is 35.5. The second-order valence-electron chi connectivity index (χ2n) is 7.04. The molecule has 3 heterocycles. The predicted molar refractivity (Wildman–Crippen MR) is 94.1 cm³/mol. The van der Waals surface area contributed by atoms with E-state index in [1.54, 1.807) is 6.92 Å². The number of anilines is 1. The van der Waals surface area contributed by atoms with Gasteiger partial charge in [0.1, 0.15) is 0 Å². The summed E-state index contributed by atoms with van der Waals surface area (Å²) in [5.74, 6) is 0.216. The Morgan fingerprint density at radius 2 is 1.96 bits per heavy atom. The minimum absolute atomic E-state index is 0.216. The molecule has 5 heteroatoms. The smallest absolute Gasteiger partial charge is 0.219 e. The molecule has 2 aromatic rings. The van der Waals surface area contributed by atoms with Crippen molar-refractivity contribution < 1.29 is 4.79 Å². The molecule has 2 fully saturated rings. The number of amides is 1. The fraction of sp³-hybridized carbons (Fsp3) is 0.500. The highest BCUT2D eigenvalue weighted by Gasteiger charge is 2.41. The third-order valence-corrected chi connectivity index (χ3v) is 5.88. The summed E-state index contributed by atoms with van der Waals surface area (Å²) >= 11 is 6.28. The van der Waals surface area contributed by atoms with E-state index in [2.05, 4.69) is 22.0 Å². The lowest BCUT2D eigenvalue weighted by atomic mass is 9.77. The minimum atomic E-state index is 0.216. The van der Waals surface area contributed by atoms with Gasteiger partial charge in [-0.3, -0.25) is 4.79 Å². The van der Waals surface area contributed by atoms with E-state index in [1.807, 2.05) is 17.2 Å². The highest BCUT2D eigenvalue weighted by molar-refractivity contribution is 6.31. The van der Waals surface area contributed by atoms with Crippen LogP contribution in [0, 0.1) is 5.41 Å². The summed E-state index contributed by atoms with van der Waals surface area (Å²) in [4.78, 5) is 19.3. The molecule has 1 N–H and O–H groups in total. The zero-order valence-corrected chi connectivity index (χ0v) is 14.2. The first kappa shape index (κ1) is 14.9. The van der Waals surface area contributed by atoms with Crippen LogP contribution in [0.4, 0.5) is 5.69 Å². The zero-order chi connectivity index (χ0) is 16.0. The van der Waals surface area contributed by atoms with Crippen LogP contribution in [0.2, 0.25) is 5.02 Å². The summed E-state index contributed by atoms with van der Waals surface area (Å²) in [5, 5.41) is 2.01. The summed E-state index contributed by atoms with van der Waals surface area (Å²) in [5.41, 5.74) is 2.65. The molecular formula is C18H22ClN3O. The average Bonchev–Trinajstić information content (AvgIpc) is 3.15. The number of carbonyl (C=O) groups is 1. The van der Waals surface area contributed by atoms with Crippen molar-refractivity contribution in [3.8, 4) is 0 Å². The van der Waals surface area contributed by atoms with Crippen molar-refractivity contribution in [3.05, 3.63) is 29.4 Å². The van der Waals surface area contributed by atoms with Crippen molar-refractivity contribution in [2.75, 3.05) is 31.1 Å². The van der Waals surface area contributed by atoms with Gasteiger partial charge < -0.3 is 14.8 Å². The molecule has 1 spiro atoms. The van der Waals surface area contributed by atoms with Gasteiger partial charge >= 0.3 is 0 Å². The SMILES string of the molecule is CC(=O)N1CCC2(CCN(c3cc(Cl)cc4[nH]ccc34)CC2)C1. The van der Waals surface area contributed by atoms with E-state index in [-0.39, 0.29) is 5.91 Å². The fourth-order valence-electron chi connectivity index (χ4n) is 4.21. The number of rotatable bonds is 1. The molecule has 2 saturated heterocycles. The second-order valence-corrected chi connectivity index (χ2v) is 7.48. The molecule has 122 valence electrons. The Morgan fingerprint density at radius 3 is 2.65 bits per heavy atom. The molecule has 0 bridgehead atoms. The molecule has 23 heavy (non-hydrogen) atoms. The van der Waals surface area contributed by atoms with E-state index < -0.39 is 0 Å². The number of nitrogens with zero attached hydrogens (tertiary/aromatic N) is 2. The second kappa shape index (κ2) is 5.45. The van der Waals surface area contributed by atoms with Gasteiger partial charge in [0.25, 0.3) is 0 Å². The number of hydrogen-bond donors (Lipinski definition) is 1. The maximum atomic E-state index is 11.6. The number of aromatic amines is 1. The number of nitrogens with one attached hydrogen (secondary N) is 1. The summed E-state index contributed by atoms with van der Waals surface area (Å²) < 4.78 is 0. The maximum Gasteiger partial charge on any atom is 0.219 e. The summed E-state index contributed by atoms with van der Waals surface area (Å²) in [7, 11) is 0. The first-order chi connectivity index (χ1) is 11.1. The Labute approximate surface area is 141 Å². The van der Waals surface area contributed by atoms with Gasteiger partial charge in [0.15, 0.2) is 0 Å². The summed E-state index contributed by atoms with van der Waals surface area (Å²) in [6, 6.07) is 6.18. The van der Waals surface area contributed by atoms with Crippen LogP contribution in [-0.4, -0.2) is 42.0 Å². The van der Waals surface area contributed by atoms with Crippen molar-refractivity contribution >= 4 is 34.1 Å². The fourth-order valence-corrected chi connectivity index (χ4v) is 4.42. The monoisotopic (exact) mass is 331 g/mol. The number of benzene rings is 1. The van der Waals surface area contributed by atoms with Gasteiger partial charge in [0, 0.05) is 60.9 Å². The van der Waals surface area contributed by atoms with E-state index in [9.17, 15) is 4.79 Å². The van der Waals surface area contributed by atoms with E-state index in [4.69, 9.17) is 11.6 Å². The van der Waals surface area contributed by atoms with Crippen LogP contribution in [0.1, 0.15) is 26.2 Å². The molecule has 0 aliphatic carbocycles. The number of likely N-dealkylation sites (tertiary alicyclic amines) is 1. The topological polar surface area (TPSA) is 39.3 Å². The largest absolute Gasteiger partial charge is 0.371 e. The molecule has 4 rings (SSSR count). The van der Waals surface area contributed by atoms with Gasteiger partial charge in [-0.15, -0.1) is 0 Å². The molecule has 0 saturated carbocycles. The number of hydrogen-bond acceptors (Lipinski definition) is 2. The average molecular weight is 332 g/mol. The zero-order valence-electron chi connectivity index (χ0n) is 13.4. The van der Waals surface area contributed by atoms with Gasteiger partial charge in [-0.05, 0) is 42.9 Å². The molecule has 2 aliphatic heterocycles. The normalized spacial score (nSPS) is 20.6. The lowest BCUT2D eigenvalue weighted by Crippen LogP contribution is -2.42. The van der Waals surface area contributed by atoms with Crippen molar-refractivity contribution in [3.63, 3.8) is 0 Å². The van der Waals surface area contributed by atoms with E-state index >= 15 is 0 Å².